The number of carbonyl (C=O) groups excluding carboxylic acids is 2. The van der Waals surface area contributed by atoms with E-state index in [1.54, 1.807) is 24.0 Å². The SMILES string of the molecule is CC[C@@H](C)NC(=O)[C@@H]1CSC2(CCN(C(=O)c3ccc(C)c([N+](=O)[O-])c3)CC2)[NH2+]1. The molecule has 0 unspecified atom stereocenters. The van der Waals surface area contributed by atoms with E-state index in [0.29, 0.717) is 24.2 Å². The molecule has 1 aromatic rings. The number of quaternary nitrogens is 1. The minimum Gasteiger partial charge on any atom is -0.348 e. The zero-order chi connectivity index (χ0) is 21.2. The highest BCUT2D eigenvalue weighted by Gasteiger charge is 2.48. The monoisotopic (exact) mass is 421 g/mol. The Morgan fingerprint density at radius 3 is 2.72 bits per heavy atom. The number of benzene rings is 1. The van der Waals surface area contributed by atoms with Gasteiger partial charge in [-0.3, -0.25) is 19.7 Å². The molecule has 0 aromatic heterocycles. The van der Waals surface area contributed by atoms with Crippen LogP contribution in [0.3, 0.4) is 0 Å². The third-order valence-corrected chi connectivity index (χ3v) is 7.59. The van der Waals surface area contributed by atoms with Crippen LogP contribution >= 0.6 is 11.8 Å². The van der Waals surface area contributed by atoms with E-state index in [2.05, 4.69) is 17.6 Å². The van der Waals surface area contributed by atoms with Crippen LogP contribution in [0, 0.1) is 17.0 Å². The average molecular weight is 422 g/mol. The zero-order valence-corrected chi connectivity index (χ0v) is 18.0. The molecule has 8 nitrogen and oxygen atoms in total. The van der Waals surface area contributed by atoms with Gasteiger partial charge in [0.05, 0.1) is 10.7 Å². The predicted octanol–water partition coefficient (Wildman–Crippen LogP) is 1.43. The summed E-state index contributed by atoms with van der Waals surface area (Å²) < 4.78 is 0. The highest BCUT2D eigenvalue weighted by molar-refractivity contribution is 8.00. The molecule has 158 valence electrons. The van der Waals surface area contributed by atoms with Gasteiger partial charge in [0.15, 0.2) is 6.04 Å². The second-order valence-electron chi connectivity index (χ2n) is 8.02. The number of hydrogen-bond donors (Lipinski definition) is 2. The van der Waals surface area contributed by atoms with Crippen LogP contribution in [-0.2, 0) is 4.79 Å². The molecule has 3 N–H and O–H groups in total. The molecule has 0 bridgehead atoms. The quantitative estimate of drug-likeness (QED) is 0.552. The number of amides is 2. The van der Waals surface area contributed by atoms with Crippen LogP contribution in [0.25, 0.3) is 0 Å². The lowest BCUT2D eigenvalue weighted by atomic mass is 10.0. The van der Waals surface area contributed by atoms with Crippen LogP contribution in [0.4, 0.5) is 5.69 Å². The first kappa shape index (κ1) is 21.6. The second-order valence-corrected chi connectivity index (χ2v) is 9.45. The Balaban J connectivity index is 1.59. The Kier molecular flexibility index (Phi) is 6.48. The summed E-state index contributed by atoms with van der Waals surface area (Å²) in [6.07, 6.45) is 2.50. The van der Waals surface area contributed by atoms with Gasteiger partial charge in [-0.25, -0.2) is 0 Å². The Hall–Kier alpha value is -2.13. The number of nitrogens with one attached hydrogen (secondary N) is 1. The molecule has 2 fully saturated rings. The Bertz CT molecular complexity index is 808. The van der Waals surface area contributed by atoms with E-state index in [4.69, 9.17) is 0 Å². The third-order valence-electron chi connectivity index (χ3n) is 5.94. The summed E-state index contributed by atoms with van der Waals surface area (Å²) >= 11 is 1.81. The van der Waals surface area contributed by atoms with E-state index in [0.717, 1.165) is 25.0 Å². The van der Waals surface area contributed by atoms with Gasteiger partial charge in [0, 0.05) is 49.2 Å². The number of piperidine rings is 1. The van der Waals surface area contributed by atoms with Gasteiger partial charge in [0.1, 0.15) is 4.87 Å². The molecule has 0 saturated carbocycles. The number of thioether (sulfide) groups is 1. The van der Waals surface area contributed by atoms with Crippen LogP contribution in [0.5, 0.6) is 0 Å². The molecular formula is C20H29N4O4S+. The van der Waals surface area contributed by atoms with Crippen molar-refractivity contribution < 1.29 is 19.8 Å². The number of aryl methyl sites for hydroxylation is 1. The molecule has 0 radical (unpaired) electrons. The molecular weight excluding hydrogens is 392 g/mol. The van der Waals surface area contributed by atoms with Crippen LogP contribution in [0.15, 0.2) is 18.2 Å². The number of likely N-dealkylation sites (tertiary alicyclic amines) is 1. The van der Waals surface area contributed by atoms with Crippen LogP contribution in [0.2, 0.25) is 0 Å². The van der Waals surface area contributed by atoms with Crippen molar-refractivity contribution in [2.75, 3.05) is 18.8 Å². The van der Waals surface area contributed by atoms with Gasteiger partial charge < -0.3 is 15.5 Å². The maximum atomic E-state index is 12.8. The van der Waals surface area contributed by atoms with Gasteiger partial charge in [-0.15, -0.1) is 0 Å². The van der Waals surface area contributed by atoms with Gasteiger partial charge >= 0.3 is 0 Å². The van der Waals surface area contributed by atoms with Crippen molar-refractivity contribution in [3.63, 3.8) is 0 Å². The molecule has 9 heteroatoms. The molecule has 2 saturated heterocycles. The fraction of sp³-hybridized carbons (Fsp3) is 0.600. The zero-order valence-electron chi connectivity index (χ0n) is 17.1. The summed E-state index contributed by atoms with van der Waals surface area (Å²) in [6, 6.07) is 4.73. The minimum atomic E-state index is -0.452. The van der Waals surface area contributed by atoms with Gasteiger partial charge in [0.25, 0.3) is 17.5 Å². The highest BCUT2D eigenvalue weighted by atomic mass is 32.2. The first-order chi connectivity index (χ1) is 13.7. The Labute approximate surface area is 174 Å². The second kappa shape index (κ2) is 8.71. The van der Waals surface area contributed by atoms with Crippen molar-refractivity contribution in [1.29, 1.82) is 0 Å². The summed E-state index contributed by atoms with van der Waals surface area (Å²) in [4.78, 5) is 37.7. The van der Waals surface area contributed by atoms with Gasteiger partial charge in [-0.1, -0.05) is 24.8 Å². The molecule has 2 amide bonds. The van der Waals surface area contributed by atoms with Crippen molar-refractivity contribution in [3.8, 4) is 0 Å². The van der Waals surface area contributed by atoms with E-state index < -0.39 is 4.92 Å². The molecule has 3 rings (SSSR count). The molecule has 2 aliphatic heterocycles. The van der Waals surface area contributed by atoms with Crippen molar-refractivity contribution in [3.05, 3.63) is 39.4 Å². The summed E-state index contributed by atoms with van der Waals surface area (Å²) in [5, 5.41) is 16.4. The largest absolute Gasteiger partial charge is 0.348 e. The Morgan fingerprint density at radius 1 is 1.41 bits per heavy atom. The van der Waals surface area contributed by atoms with Gasteiger partial charge in [0.2, 0.25) is 0 Å². The topological polar surface area (TPSA) is 109 Å². The maximum Gasteiger partial charge on any atom is 0.279 e. The fourth-order valence-corrected chi connectivity index (χ4v) is 5.33. The minimum absolute atomic E-state index is 0.0285. The maximum absolute atomic E-state index is 12.8. The fourth-order valence-electron chi connectivity index (χ4n) is 3.84. The van der Waals surface area contributed by atoms with Gasteiger partial charge in [-0.05, 0) is 26.3 Å². The molecule has 29 heavy (non-hydrogen) atoms. The van der Waals surface area contributed by atoms with Crippen LogP contribution in [0.1, 0.15) is 49.0 Å². The molecule has 1 spiro atoms. The number of nitrogens with zero attached hydrogens (tertiary/aromatic N) is 2. The highest BCUT2D eigenvalue weighted by Crippen LogP contribution is 2.34. The number of carbonyl (C=O) groups is 2. The number of rotatable bonds is 5. The van der Waals surface area contributed by atoms with Crippen molar-refractivity contribution in [2.24, 2.45) is 0 Å². The average Bonchev–Trinajstić information content (AvgIpc) is 3.12. The first-order valence-electron chi connectivity index (χ1n) is 10.1. The Morgan fingerprint density at radius 2 is 2.10 bits per heavy atom. The number of nitro benzene ring substituents is 1. The first-order valence-corrected chi connectivity index (χ1v) is 11.1. The summed E-state index contributed by atoms with van der Waals surface area (Å²) in [5.41, 5.74) is 0.870. The number of hydrogen-bond acceptors (Lipinski definition) is 5. The molecule has 1 aromatic carbocycles. The number of nitrogens with two attached hydrogens (primary N) is 1. The van der Waals surface area contributed by atoms with Crippen molar-refractivity contribution >= 4 is 29.3 Å². The van der Waals surface area contributed by atoms with E-state index in [-0.39, 0.29) is 34.5 Å². The lowest BCUT2D eigenvalue weighted by Crippen LogP contribution is -3.00. The van der Waals surface area contributed by atoms with E-state index in [9.17, 15) is 19.7 Å². The molecule has 2 aliphatic rings. The lowest BCUT2D eigenvalue weighted by Gasteiger charge is -2.36. The van der Waals surface area contributed by atoms with E-state index in [1.165, 1.54) is 6.07 Å². The van der Waals surface area contributed by atoms with E-state index in [1.807, 2.05) is 18.7 Å². The van der Waals surface area contributed by atoms with E-state index >= 15 is 0 Å². The predicted molar refractivity (Wildman–Crippen MR) is 112 cm³/mol. The number of nitro groups is 1. The van der Waals surface area contributed by atoms with Crippen LogP contribution < -0.4 is 10.6 Å². The summed E-state index contributed by atoms with van der Waals surface area (Å²) in [6.45, 7) is 6.90. The normalized spacial score (nSPS) is 21.8. The van der Waals surface area contributed by atoms with Gasteiger partial charge in [-0.2, -0.15) is 0 Å². The smallest absolute Gasteiger partial charge is 0.279 e. The van der Waals surface area contributed by atoms with Crippen molar-refractivity contribution in [1.82, 2.24) is 10.2 Å². The lowest BCUT2D eigenvalue weighted by molar-refractivity contribution is -0.714. The molecule has 2 atom stereocenters. The third kappa shape index (κ3) is 4.72. The van der Waals surface area contributed by atoms with Crippen molar-refractivity contribution in [2.45, 2.75) is 57.0 Å². The molecule has 2 heterocycles. The summed E-state index contributed by atoms with van der Waals surface area (Å²) in [5.74, 6) is 0.701. The van der Waals surface area contributed by atoms with Crippen LogP contribution in [-0.4, -0.2) is 57.4 Å². The molecule has 0 aliphatic carbocycles. The summed E-state index contributed by atoms with van der Waals surface area (Å²) in [7, 11) is 0. The standard InChI is InChI=1S/C20H28N4O4S/c1-4-14(3)21-18(25)16-12-29-20(22-16)7-9-23(10-8-20)19(26)15-6-5-13(2)17(11-15)24(27)28/h5-6,11,14,16,22H,4,7-10,12H2,1-3H3,(H,21,25)/p+1/t14-,16+/m1/s1.